The maximum atomic E-state index is 12.0. The van der Waals surface area contributed by atoms with Crippen LogP contribution in [0, 0.1) is 6.92 Å². The summed E-state index contributed by atoms with van der Waals surface area (Å²) in [6.45, 7) is 2.41. The van der Waals surface area contributed by atoms with Gasteiger partial charge in [0.1, 0.15) is 0 Å². The van der Waals surface area contributed by atoms with Gasteiger partial charge in [0.05, 0.1) is 12.8 Å². The Hall–Kier alpha value is -3.54. The molecule has 0 spiro atoms. The number of nitrogens with two attached hydrogens (primary N) is 1. The SMILES string of the molecule is Cc1cccc(NC(N)=NCc2cccc(NC(=O)c3ccco3)c2)c1. The standard InChI is InChI=1S/C20H20N4O2/c1-14-5-2-7-16(11-14)24-20(21)22-13-15-6-3-8-17(12-15)23-19(25)18-9-4-10-26-18/h2-12H,13H2,1H3,(H,23,25)(H3,21,22,24). The molecule has 0 aliphatic rings. The van der Waals surface area contributed by atoms with E-state index in [9.17, 15) is 4.79 Å². The van der Waals surface area contributed by atoms with Gasteiger partial charge in [0.2, 0.25) is 0 Å². The number of anilines is 2. The summed E-state index contributed by atoms with van der Waals surface area (Å²) in [6, 6.07) is 18.6. The van der Waals surface area contributed by atoms with Crippen LogP contribution in [0.4, 0.5) is 11.4 Å². The Morgan fingerprint density at radius 1 is 1.04 bits per heavy atom. The van der Waals surface area contributed by atoms with E-state index in [0.29, 0.717) is 18.2 Å². The summed E-state index contributed by atoms with van der Waals surface area (Å²) in [4.78, 5) is 16.4. The van der Waals surface area contributed by atoms with Gasteiger partial charge in [-0.25, -0.2) is 4.99 Å². The van der Waals surface area contributed by atoms with E-state index in [2.05, 4.69) is 15.6 Å². The first-order valence-corrected chi connectivity index (χ1v) is 8.17. The Bertz CT molecular complexity index is 917. The van der Waals surface area contributed by atoms with Gasteiger partial charge in [-0.3, -0.25) is 4.79 Å². The second kappa shape index (κ2) is 8.02. The number of amides is 1. The van der Waals surface area contributed by atoms with Crippen molar-refractivity contribution in [1.82, 2.24) is 0 Å². The third-order valence-electron chi connectivity index (χ3n) is 3.65. The molecular formula is C20H20N4O2. The molecule has 0 aliphatic heterocycles. The van der Waals surface area contributed by atoms with Crippen LogP contribution in [0.1, 0.15) is 21.7 Å². The first kappa shape index (κ1) is 17.3. The third-order valence-corrected chi connectivity index (χ3v) is 3.65. The monoisotopic (exact) mass is 348 g/mol. The van der Waals surface area contributed by atoms with Crippen LogP contribution in [0.15, 0.2) is 76.3 Å². The summed E-state index contributed by atoms with van der Waals surface area (Å²) >= 11 is 0. The lowest BCUT2D eigenvalue weighted by molar-refractivity contribution is 0.0996. The maximum absolute atomic E-state index is 12.0. The Labute approximate surface area is 151 Å². The highest BCUT2D eigenvalue weighted by Crippen LogP contribution is 2.14. The van der Waals surface area contributed by atoms with Crippen molar-refractivity contribution in [1.29, 1.82) is 0 Å². The summed E-state index contributed by atoms with van der Waals surface area (Å²) in [7, 11) is 0. The van der Waals surface area contributed by atoms with Crippen molar-refractivity contribution in [3.63, 3.8) is 0 Å². The highest BCUT2D eigenvalue weighted by Gasteiger charge is 2.08. The van der Waals surface area contributed by atoms with Crippen molar-refractivity contribution in [2.24, 2.45) is 10.7 Å². The summed E-state index contributed by atoms with van der Waals surface area (Å²) in [6.07, 6.45) is 1.46. The molecule has 1 aromatic heterocycles. The van der Waals surface area contributed by atoms with Crippen molar-refractivity contribution in [3.8, 4) is 0 Å². The number of aliphatic imine (C=N–C) groups is 1. The summed E-state index contributed by atoms with van der Waals surface area (Å²) in [5.74, 6) is 0.303. The molecule has 1 amide bonds. The van der Waals surface area contributed by atoms with Gasteiger partial charge >= 0.3 is 0 Å². The minimum Gasteiger partial charge on any atom is -0.459 e. The number of aryl methyl sites for hydroxylation is 1. The number of nitrogens with zero attached hydrogens (tertiary/aromatic N) is 1. The first-order valence-electron chi connectivity index (χ1n) is 8.17. The Balaban J connectivity index is 1.62. The molecule has 0 unspecified atom stereocenters. The van der Waals surface area contributed by atoms with E-state index in [1.54, 1.807) is 12.1 Å². The zero-order chi connectivity index (χ0) is 18.4. The zero-order valence-electron chi connectivity index (χ0n) is 14.4. The van der Waals surface area contributed by atoms with E-state index in [0.717, 1.165) is 16.8 Å². The predicted octanol–water partition coefficient (Wildman–Crippen LogP) is 3.77. The Morgan fingerprint density at radius 3 is 2.54 bits per heavy atom. The molecule has 0 bridgehead atoms. The molecule has 0 saturated heterocycles. The summed E-state index contributed by atoms with van der Waals surface area (Å²) in [5.41, 5.74) is 9.58. The van der Waals surface area contributed by atoms with Crippen LogP contribution in [0.5, 0.6) is 0 Å². The van der Waals surface area contributed by atoms with Gasteiger partial charge in [0.25, 0.3) is 5.91 Å². The lowest BCUT2D eigenvalue weighted by atomic mass is 10.2. The van der Waals surface area contributed by atoms with Gasteiger partial charge in [-0.05, 0) is 54.4 Å². The molecule has 0 aliphatic carbocycles. The van der Waals surface area contributed by atoms with Gasteiger partial charge in [0, 0.05) is 11.4 Å². The molecule has 2 aromatic carbocycles. The van der Waals surface area contributed by atoms with E-state index in [4.69, 9.17) is 10.2 Å². The van der Waals surface area contributed by atoms with Gasteiger partial charge < -0.3 is 20.8 Å². The highest BCUT2D eigenvalue weighted by atomic mass is 16.3. The minimum atomic E-state index is -0.295. The van der Waals surface area contributed by atoms with Crippen LogP contribution in [0.25, 0.3) is 0 Å². The molecule has 0 radical (unpaired) electrons. The molecule has 6 nitrogen and oxygen atoms in total. The zero-order valence-corrected chi connectivity index (χ0v) is 14.4. The molecule has 1 heterocycles. The van der Waals surface area contributed by atoms with Crippen LogP contribution >= 0.6 is 0 Å². The van der Waals surface area contributed by atoms with E-state index in [-0.39, 0.29) is 11.7 Å². The van der Waals surface area contributed by atoms with Crippen LogP contribution < -0.4 is 16.4 Å². The molecule has 26 heavy (non-hydrogen) atoms. The quantitative estimate of drug-likeness (QED) is 0.483. The molecule has 4 N–H and O–H groups in total. The van der Waals surface area contributed by atoms with E-state index in [1.807, 2.05) is 55.5 Å². The molecular weight excluding hydrogens is 328 g/mol. The van der Waals surface area contributed by atoms with Crippen molar-refractivity contribution in [3.05, 3.63) is 83.8 Å². The summed E-state index contributed by atoms with van der Waals surface area (Å²) < 4.78 is 5.08. The maximum Gasteiger partial charge on any atom is 0.291 e. The smallest absolute Gasteiger partial charge is 0.291 e. The van der Waals surface area contributed by atoms with Gasteiger partial charge in [0.15, 0.2) is 11.7 Å². The fourth-order valence-electron chi connectivity index (χ4n) is 2.43. The number of carbonyl (C=O) groups is 1. The Kier molecular flexibility index (Phi) is 5.34. The number of benzene rings is 2. The molecule has 3 aromatic rings. The molecule has 0 saturated carbocycles. The molecule has 3 rings (SSSR count). The fourth-order valence-corrected chi connectivity index (χ4v) is 2.43. The lowest BCUT2D eigenvalue weighted by Gasteiger charge is -2.07. The van der Waals surface area contributed by atoms with Gasteiger partial charge in [-0.2, -0.15) is 0 Å². The lowest BCUT2D eigenvalue weighted by Crippen LogP contribution is -2.22. The van der Waals surface area contributed by atoms with Crippen molar-refractivity contribution < 1.29 is 9.21 Å². The largest absolute Gasteiger partial charge is 0.459 e. The van der Waals surface area contributed by atoms with Crippen molar-refractivity contribution >= 4 is 23.2 Å². The van der Waals surface area contributed by atoms with Gasteiger partial charge in [-0.1, -0.05) is 24.3 Å². The highest BCUT2D eigenvalue weighted by molar-refractivity contribution is 6.02. The van der Waals surface area contributed by atoms with Crippen molar-refractivity contribution in [2.75, 3.05) is 10.6 Å². The minimum absolute atomic E-state index is 0.264. The number of rotatable bonds is 5. The van der Waals surface area contributed by atoms with E-state index in [1.165, 1.54) is 6.26 Å². The fraction of sp³-hybridized carbons (Fsp3) is 0.100. The number of carbonyl (C=O) groups excluding carboxylic acids is 1. The first-order chi connectivity index (χ1) is 12.6. The molecule has 0 fully saturated rings. The molecule has 6 heteroatoms. The second-order valence-electron chi connectivity index (χ2n) is 5.83. The number of furan rings is 1. The van der Waals surface area contributed by atoms with Crippen LogP contribution in [-0.2, 0) is 6.54 Å². The average molecular weight is 348 g/mol. The van der Waals surface area contributed by atoms with Gasteiger partial charge in [-0.15, -0.1) is 0 Å². The number of nitrogens with one attached hydrogen (secondary N) is 2. The van der Waals surface area contributed by atoms with Crippen LogP contribution in [0.2, 0.25) is 0 Å². The third kappa shape index (κ3) is 4.73. The number of hydrogen-bond acceptors (Lipinski definition) is 3. The topological polar surface area (TPSA) is 92.6 Å². The second-order valence-corrected chi connectivity index (χ2v) is 5.83. The normalized spacial score (nSPS) is 11.2. The van der Waals surface area contributed by atoms with Crippen molar-refractivity contribution in [2.45, 2.75) is 13.5 Å². The van der Waals surface area contributed by atoms with E-state index >= 15 is 0 Å². The number of guanidine groups is 1. The average Bonchev–Trinajstić information content (AvgIpc) is 3.15. The predicted molar refractivity (Wildman–Crippen MR) is 103 cm³/mol. The molecule has 132 valence electrons. The van der Waals surface area contributed by atoms with Crippen LogP contribution in [-0.4, -0.2) is 11.9 Å². The van der Waals surface area contributed by atoms with Crippen LogP contribution in [0.3, 0.4) is 0 Å². The number of hydrogen-bond donors (Lipinski definition) is 3. The Morgan fingerprint density at radius 2 is 1.81 bits per heavy atom. The summed E-state index contributed by atoms with van der Waals surface area (Å²) in [5, 5.41) is 5.85. The molecule has 0 atom stereocenters. The van der Waals surface area contributed by atoms with E-state index < -0.39 is 0 Å².